The number of aromatic nitrogens is 1. The number of rotatable bonds is 3. The summed E-state index contributed by atoms with van der Waals surface area (Å²) in [7, 11) is 0. The third-order valence-corrected chi connectivity index (χ3v) is 9.16. The predicted octanol–water partition coefficient (Wildman–Crippen LogP) is 6.99. The van der Waals surface area contributed by atoms with E-state index in [1.807, 2.05) is 37.9 Å². The van der Waals surface area contributed by atoms with E-state index in [1.165, 1.54) is 16.7 Å². The van der Waals surface area contributed by atoms with Crippen LogP contribution in [0.5, 0.6) is 0 Å². The van der Waals surface area contributed by atoms with Gasteiger partial charge in [0.1, 0.15) is 5.60 Å². The van der Waals surface area contributed by atoms with Gasteiger partial charge in [-0.3, -0.25) is 9.78 Å². The first-order valence-electron chi connectivity index (χ1n) is 13.4. The van der Waals surface area contributed by atoms with Crippen LogP contribution in [0.1, 0.15) is 68.3 Å². The van der Waals surface area contributed by atoms with E-state index in [0.717, 1.165) is 58.4 Å². The Morgan fingerprint density at radius 3 is 2.42 bits per heavy atom. The normalized spacial score (nSPS) is 20.3. The summed E-state index contributed by atoms with van der Waals surface area (Å²) < 4.78 is 7.48. The Kier molecular flexibility index (Phi) is 8.14. The van der Waals surface area contributed by atoms with E-state index in [9.17, 15) is 9.59 Å². The monoisotopic (exact) mass is 665 g/mol. The zero-order valence-electron chi connectivity index (χ0n) is 22.1. The molecule has 2 aliphatic heterocycles. The number of fused-ring (bicyclic) bond motifs is 2. The van der Waals surface area contributed by atoms with Crippen LogP contribution >= 0.6 is 43.5 Å². The zero-order chi connectivity index (χ0) is 27.2. The number of hydrogen-bond acceptors (Lipinski definition) is 4. The number of amides is 2. The minimum Gasteiger partial charge on any atom is -0.444 e. The molecule has 2 saturated heterocycles. The molecule has 0 saturated carbocycles. The van der Waals surface area contributed by atoms with Gasteiger partial charge in [0.2, 0.25) is 5.91 Å². The number of ether oxygens (including phenoxy) is 1. The lowest BCUT2D eigenvalue weighted by Gasteiger charge is -2.41. The lowest BCUT2D eigenvalue weighted by Crippen LogP contribution is -2.53. The van der Waals surface area contributed by atoms with Gasteiger partial charge in [0, 0.05) is 64.6 Å². The predicted molar refractivity (Wildman–Crippen MR) is 156 cm³/mol. The van der Waals surface area contributed by atoms with Gasteiger partial charge in [0.15, 0.2) is 0 Å². The summed E-state index contributed by atoms with van der Waals surface area (Å²) in [6.07, 6.45) is 5.80. The topological polar surface area (TPSA) is 62.7 Å². The fourth-order valence-corrected chi connectivity index (χ4v) is 7.56. The standard InChI is InChI=1S/C29H34Br2ClN3O3/c1-29(2,3)38-28(37)35-15-17(16-35)10-24(36)34-8-6-18(7-9-34)26-25-19(12-22(32)13-23(25)31)4-5-20-11-21(30)14-33-27(20)26/h11-14,17-18,26H,4-10,15-16H2,1-3H3. The lowest BCUT2D eigenvalue weighted by atomic mass is 9.76. The maximum absolute atomic E-state index is 13.1. The summed E-state index contributed by atoms with van der Waals surface area (Å²) in [6.45, 7) is 8.26. The Bertz CT molecular complexity index is 1230. The highest BCUT2D eigenvalue weighted by Gasteiger charge is 2.38. The van der Waals surface area contributed by atoms with Crippen LogP contribution in [-0.2, 0) is 22.4 Å². The summed E-state index contributed by atoms with van der Waals surface area (Å²) in [6, 6.07) is 6.30. The van der Waals surface area contributed by atoms with E-state index >= 15 is 0 Å². The van der Waals surface area contributed by atoms with Crippen molar-refractivity contribution in [3.8, 4) is 0 Å². The number of piperidine rings is 1. The van der Waals surface area contributed by atoms with Gasteiger partial charge in [-0.05, 0) is 103 Å². The number of pyridine rings is 1. The molecule has 1 aliphatic carbocycles. The molecule has 3 heterocycles. The fraction of sp³-hybridized carbons (Fsp3) is 0.552. The molecule has 0 N–H and O–H groups in total. The Morgan fingerprint density at radius 2 is 1.74 bits per heavy atom. The number of carbonyl (C=O) groups excluding carboxylic acids is 2. The van der Waals surface area contributed by atoms with E-state index in [1.54, 1.807) is 4.90 Å². The van der Waals surface area contributed by atoms with Crippen molar-refractivity contribution in [1.29, 1.82) is 0 Å². The molecule has 5 rings (SSSR count). The Hall–Kier alpha value is -1.64. The zero-order valence-corrected chi connectivity index (χ0v) is 26.0. The first-order valence-corrected chi connectivity index (χ1v) is 15.3. The van der Waals surface area contributed by atoms with Gasteiger partial charge in [0.25, 0.3) is 0 Å². The molecular formula is C29H34Br2ClN3O3. The summed E-state index contributed by atoms with van der Waals surface area (Å²) >= 11 is 13.9. The lowest BCUT2D eigenvalue weighted by molar-refractivity contribution is -0.135. The van der Waals surface area contributed by atoms with Crippen molar-refractivity contribution in [3.05, 3.63) is 60.7 Å². The fourth-order valence-electron chi connectivity index (χ4n) is 6.06. The van der Waals surface area contributed by atoms with Crippen molar-refractivity contribution in [3.63, 3.8) is 0 Å². The summed E-state index contributed by atoms with van der Waals surface area (Å²) in [5.41, 5.74) is 4.50. The largest absolute Gasteiger partial charge is 0.444 e. The van der Waals surface area contributed by atoms with Gasteiger partial charge < -0.3 is 14.5 Å². The number of nitrogens with zero attached hydrogens (tertiary/aromatic N) is 3. The van der Waals surface area contributed by atoms with Crippen molar-refractivity contribution < 1.29 is 14.3 Å². The Labute approximate surface area is 246 Å². The number of halogens is 3. The Balaban J connectivity index is 1.25. The minimum atomic E-state index is -0.505. The van der Waals surface area contributed by atoms with Crippen LogP contribution < -0.4 is 0 Å². The van der Waals surface area contributed by atoms with Crippen LogP contribution in [-0.4, -0.2) is 58.6 Å². The molecule has 9 heteroatoms. The van der Waals surface area contributed by atoms with Crippen LogP contribution in [0, 0.1) is 11.8 Å². The molecule has 38 heavy (non-hydrogen) atoms. The van der Waals surface area contributed by atoms with E-state index in [-0.39, 0.29) is 23.8 Å². The van der Waals surface area contributed by atoms with Crippen molar-refractivity contribution in [2.24, 2.45) is 11.8 Å². The number of likely N-dealkylation sites (tertiary alicyclic amines) is 2. The summed E-state index contributed by atoms with van der Waals surface area (Å²) in [4.78, 5) is 34.0. The smallest absolute Gasteiger partial charge is 0.410 e. The molecule has 2 aromatic rings. The first-order chi connectivity index (χ1) is 18.0. The SMILES string of the molecule is CC(C)(C)OC(=O)N1CC(CC(=O)N2CCC(C3c4ncc(Br)cc4CCc4cc(Cl)cc(Br)c43)CC2)C1. The van der Waals surface area contributed by atoms with Gasteiger partial charge in [-0.25, -0.2) is 4.79 Å². The average molecular weight is 668 g/mol. The van der Waals surface area contributed by atoms with E-state index < -0.39 is 5.60 Å². The minimum absolute atomic E-state index is 0.161. The van der Waals surface area contributed by atoms with Crippen LogP contribution in [0.15, 0.2) is 33.3 Å². The molecule has 2 fully saturated rings. The van der Waals surface area contributed by atoms with Crippen LogP contribution in [0.25, 0.3) is 0 Å². The highest BCUT2D eigenvalue weighted by atomic mass is 79.9. The average Bonchev–Trinajstić information content (AvgIpc) is 2.96. The van der Waals surface area contributed by atoms with Crippen molar-refractivity contribution >= 4 is 55.5 Å². The molecule has 1 aromatic carbocycles. The van der Waals surface area contributed by atoms with E-state index in [4.69, 9.17) is 21.3 Å². The molecule has 204 valence electrons. The molecule has 1 aromatic heterocycles. The highest BCUT2D eigenvalue weighted by Crippen LogP contribution is 2.46. The van der Waals surface area contributed by atoms with Gasteiger partial charge in [-0.2, -0.15) is 0 Å². The van der Waals surface area contributed by atoms with Gasteiger partial charge in [-0.15, -0.1) is 0 Å². The van der Waals surface area contributed by atoms with Crippen molar-refractivity contribution in [1.82, 2.24) is 14.8 Å². The molecule has 2 amide bonds. The van der Waals surface area contributed by atoms with Crippen LogP contribution in [0.2, 0.25) is 5.02 Å². The maximum atomic E-state index is 13.1. The number of aryl methyl sites for hydroxylation is 2. The van der Waals surface area contributed by atoms with Crippen molar-refractivity contribution in [2.45, 2.75) is 64.4 Å². The Morgan fingerprint density at radius 1 is 1.05 bits per heavy atom. The van der Waals surface area contributed by atoms with E-state index in [0.29, 0.717) is 25.4 Å². The van der Waals surface area contributed by atoms with Gasteiger partial charge in [0.05, 0.1) is 5.69 Å². The first kappa shape index (κ1) is 27.9. The second-order valence-electron chi connectivity index (χ2n) is 11.8. The molecule has 0 spiro atoms. The molecule has 1 unspecified atom stereocenters. The quantitative estimate of drug-likeness (QED) is 0.354. The second-order valence-corrected chi connectivity index (χ2v) is 14.0. The molecule has 0 bridgehead atoms. The van der Waals surface area contributed by atoms with Crippen LogP contribution in [0.3, 0.4) is 0 Å². The maximum Gasteiger partial charge on any atom is 0.410 e. The number of benzene rings is 1. The molecular weight excluding hydrogens is 634 g/mol. The highest BCUT2D eigenvalue weighted by molar-refractivity contribution is 9.10. The summed E-state index contributed by atoms with van der Waals surface area (Å²) in [5, 5.41) is 0.746. The molecule has 6 nitrogen and oxygen atoms in total. The molecule has 1 atom stereocenters. The molecule has 0 radical (unpaired) electrons. The van der Waals surface area contributed by atoms with Gasteiger partial charge in [-0.1, -0.05) is 27.5 Å². The van der Waals surface area contributed by atoms with Gasteiger partial charge >= 0.3 is 6.09 Å². The number of hydrogen-bond donors (Lipinski definition) is 0. The third kappa shape index (κ3) is 6.07. The third-order valence-electron chi connectivity index (χ3n) is 7.85. The number of carbonyl (C=O) groups is 2. The van der Waals surface area contributed by atoms with Crippen molar-refractivity contribution in [2.75, 3.05) is 26.2 Å². The molecule has 3 aliphatic rings. The summed E-state index contributed by atoms with van der Waals surface area (Å²) in [5.74, 6) is 0.936. The van der Waals surface area contributed by atoms with Crippen LogP contribution in [0.4, 0.5) is 4.79 Å². The second kappa shape index (κ2) is 11.1. The van der Waals surface area contributed by atoms with E-state index in [2.05, 4.69) is 44.0 Å².